The van der Waals surface area contributed by atoms with E-state index in [2.05, 4.69) is 9.97 Å². The highest BCUT2D eigenvalue weighted by Gasteiger charge is 1.84. The SMILES string of the molecule is C[CH]c1ncccn1. The third kappa shape index (κ3) is 1.03. The van der Waals surface area contributed by atoms with Crippen LogP contribution in [0, 0.1) is 6.42 Å². The van der Waals surface area contributed by atoms with Crippen LogP contribution in [-0.4, -0.2) is 9.97 Å². The summed E-state index contributed by atoms with van der Waals surface area (Å²) in [5.41, 5.74) is 0. The van der Waals surface area contributed by atoms with Crippen molar-refractivity contribution in [3.63, 3.8) is 0 Å². The smallest absolute Gasteiger partial charge is 0.131 e. The Morgan fingerprint density at radius 2 is 2.00 bits per heavy atom. The van der Waals surface area contributed by atoms with Crippen LogP contribution < -0.4 is 0 Å². The Labute approximate surface area is 48.6 Å². The van der Waals surface area contributed by atoms with Crippen LogP contribution in [-0.2, 0) is 0 Å². The maximum atomic E-state index is 3.93. The fourth-order valence-corrected chi connectivity index (χ4v) is 0.460. The minimum absolute atomic E-state index is 0.785. The molecule has 0 aliphatic carbocycles. The van der Waals surface area contributed by atoms with Crippen LogP contribution in [0.3, 0.4) is 0 Å². The summed E-state index contributed by atoms with van der Waals surface area (Å²) >= 11 is 0. The van der Waals surface area contributed by atoms with E-state index in [9.17, 15) is 0 Å². The molecular weight excluding hydrogens is 100 g/mol. The van der Waals surface area contributed by atoms with Crippen LogP contribution in [0.15, 0.2) is 18.5 Å². The summed E-state index contributed by atoms with van der Waals surface area (Å²) in [6.45, 7) is 1.91. The first-order valence-corrected chi connectivity index (χ1v) is 2.50. The lowest BCUT2D eigenvalue weighted by molar-refractivity contribution is 1.06. The highest BCUT2D eigenvalue weighted by molar-refractivity contribution is 4.97. The largest absolute Gasteiger partial charge is 0.241 e. The lowest BCUT2D eigenvalue weighted by atomic mass is 10.4. The molecule has 0 fully saturated rings. The van der Waals surface area contributed by atoms with Crippen LogP contribution in [0.1, 0.15) is 12.7 Å². The van der Waals surface area contributed by atoms with Gasteiger partial charge >= 0.3 is 0 Å². The molecule has 2 heteroatoms. The number of hydrogen-bond donors (Lipinski definition) is 0. The molecule has 2 nitrogen and oxygen atoms in total. The van der Waals surface area contributed by atoms with Crippen molar-refractivity contribution in [1.82, 2.24) is 9.97 Å². The van der Waals surface area contributed by atoms with Crippen molar-refractivity contribution in [1.29, 1.82) is 0 Å². The van der Waals surface area contributed by atoms with Gasteiger partial charge in [0.2, 0.25) is 0 Å². The van der Waals surface area contributed by atoms with E-state index in [0.717, 1.165) is 5.82 Å². The zero-order chi connectivity index (χ0) is 5.82. The van der Waals surface area contributed by atoms with E-state index in [1.54, 1.807) is 18.5 Å². The molecule has 0 atom stereocenters. The molecule has 0 bridgehead atoms. The molecule has 41 valence electrons. The van der Waals surface area contributed by atoms with Crippen molar-refractivity contribution in [2.45, 2.75) is 6.92 Å². The van der Waals surface area contributed by atoms with Crippen molar-refractivity contribution in [2.24, 2.45) is 0 Å². The summed E-state index contributed by atoms with van der Waals surface area (Å²) in [6, 6.07) is 1.80. The molecule has 0 saturated carbocycles. The number of nitrogens with zero attached hydrogens (tertiary/aromatic N) is 2. The Morgan fingerprint density at radius 3 is 2.38 bits per heavy atom. The average molecular weight is 107 g/mol. The first kappa shape index (κ1) is 5.22. The minimum Gasteiger partial charge on any atom is -0.241 e. The summed E-state index contributed by atoms with van der Waals surface area (Å²) in [5.74, 6) is 0.785. The van der Waals surface area contributed by atoms with E-state index in [-0.39, 0.29) is 0 Å². The second-order valence-electron chi connectivity index (χ2n) is 1.40. The van der Waals surface area contributed by atoms with Gasteiger partial charge < -0.3 is 0 Å². The maximum Gasteiger partial charge on any atom is 0.131 e. The fourth-order valence-electron chi connectivity index (χ4n) is 0.460. The molecule has 0 N–H and O–H groups in total. The second kappa shape index (κ2) is 2.40. The first-order valence-electron chi connectivity index (χ1n) is 2.50. The predicted octanol–water partition coefficient (Wildman–Crippen LogP) is 1.05. The third-order valence-electron chi connectivity index (χ3n) is 0.844. The van der Waals surface area contributed by atoms with Crippen molar-refractivity contribution in [2.75, 3.05) is 0 Å². The molecule has 1 radical (unpaired) electrons. The van der Waals surface area contributed by atoms with Gasteiger partial charge in [-0.05, 0) is 6.07 Å². The van der Waals surface area contributed by atoms with Gasteiger partial charge in [0.1, 0.15) is 5.82 Å². The monoisotopic (exact) mass is 107 g/mol. The van der Waals surface area contributed by atoms with Crippen molar-refractivity contribution in [3.8, 4) is 0 Å². The van der Waals surface area contributed by atoms with Gasteiger partial charge in [0, 0.05) is 18.8 Å². The van der Waals surface area contributed by atoms with E-state index in [1.165, 1.54) is 0 Å². The lowest BCUT2D eigenvalue weighted by Crippen LogP contribution is -1.85. The average Bonchev–Trinajstić information content (AvgIpc) is 1.90. The third-order valence-corrected chi connectivity index (χ3v) is 0.844. The van der Waals surface area contributed by atoms with Crippen molar-refractivity contribution >= 4 is 0 Å². The molecule has 0 aliphatic rings. The van der Waals surface area contributed by atoms with E-state index >= 15 is 0 Å². The van der Waals surface area contributed by atoms with Gasteiger partial charge in [-0.25, -0.2) is 9.97 Å². The minimum atomic E-state index is 0.785. The Balaban J connectivity index is 2.83. The number of rotatable bonds is 1. The highest BCUT2D eigenvalue weighted by Crippen LogP contribution is 1.87. The van der Waals surface area contributed by atoms with Gasteiger partial charge in [0.15, 0.2) is 0 Å². The summed E-state index contributed by atoms with van der Waals surface area (Å²) < 4.78 is 0. The molecule has 0 spiro atoms. The Morgan fingerprint density at radius 1 is 1.38 bits per heavy atom. The van der Waals surface area contributed by atoms with Gasteiger partial charge in [-0.1, -0.05) is 6.92 Å². The quantitative estimate of drug-likeness (QED) is 0.536. The lowest BCUT2D eigenvalue weighted by Gasteiger charge is -1.87. The summed E-state index contributed by atoms with van der Waals surface area (Å²) in [4.78, 5) is 7.86. The molecule has 1 rings (SSSR count). The van der Waals surface area contributed by atoms with Gasteiger partial charge in [-0.3, -0.25) is 0 Å². The molecule has 1 aromatic rings. The van der Waals surface area contributed by atoms with Crippen molar-refractivity contribution in [3.05, 3.63) is 30.7 Å². The summed E-state index contributed by atoms with van der Waals surface area (Å²) in [5, 5.41) is 0. The topological polar surface area (TPSA) is 25.8 Å². The van der Waals surface area contributed by atoms with Gasteiger partial charge in [0.25, 0.3) is 0 Å². The van der Waals surface area contributed by atoms with Gasteiger partial charge in [-0.2, -0.15) is 0 Å². The van der Waals surface area contributed by atoms with Crippen LogP contribution in [0.4, 0.5) is 0 Å². The van der Waals surface area contributed by atoms with E-state index in [4.69, 9.17) is 0 Å². The molecule has 1 aromatic heterocycles. The Kier molecular flexibility index (Phi) is 1.57. The zero-order valence-electron chi connectivity index (χ0n) is 4.70. The van der Waals surface area contributed by atoms with Crippen LogP contribution in [0.2, 0.25) is 0 Å². The predicted molar refractivity (Wildman–Crippen MR) is 31.1 cm³/mol. The number of hydrogen-bond acceptors (Lipinski definition) is 2. The summed E-state index contributed by atoms with van der Waals surface area (Å²) in [6.07, 6.45) is 5.31. The maximum absolute atomic E-state index is 3.93. The molecule has 0 saturated heterocycles. The highest BCUT2D eigenvalue weighted by atomic mass is 14.8. The van der Waals surface area contributed by atoms with E-state index in [0.29, 0.717) is 0 Å². The van der Waals surface area contributed by atoms with E-state index < -0.39 is 0 Å². The molecule has 0 unspecified atom stereocenters. The molecule has 0 aromatic carbocycles. The molecule has 1 heterocycles. The standard InChI is InChI=1S/C6H7N2/c1-2-6-7-4-3-5-8-6/h2-5H,1H3. The van der Waals surface area contributed by atoms with Crippen molar-refractivity contribution < 1.29 is 0 Å². The fraction of sp³-hybridized carbons (Fsp3) is 0.167. The van der Waals surface area contributed by atoms with Gasteiger partial charge in [0.05, 0.1) is 0 Å². The summed E-state index contributed by atoms with van der Waals surface area (Å²) in [7, 11) is 0. The molecule has 0 aliphatic heterocycles. The first-order chi connectivity index (χ1) is 3.93. The molecular formula is C6H7N2. The molecule has 0 amide bonds. The zero-order valence-corrected chi connectivity index (χ0v) is 4.70. The number of aromatic nitrogens is 2. The van der Waals surface area contributed by atoms with Crippen LogP contribution in [0.5, 0.6) is 0 Å². The Bertz CT molecular complexity index is 148. The van der Waals surface area contributed by atoms with Crippen LogP contribution >= 0.6 is 0 Å². The van der Waals surface area contributed by atoms with E-state index in [1.807, 2.05) is 13.3 Å². The Hall–Kier alpha value is -0.920. The van der Waals surface area contributed by atoms with Gasteiger partial charge in [-0.15, -0.1) is 0 Å². The molecule has 8 heavy (non-hydrogen) atoms. The second-order valence-corrected chi connectivity index (χ2v) is 1.40. The van der Waals surface area contributed by atoms with Crippen LogP contribution in [0.25, 0.3) is 0 Å². The normalized spacial score (nSPS) is 9.12.